The normalized spacial score (nSPS) is 11.5. The highest BCUT2D eigenvalue weighted by molar-refractivity contribution is 7.92. The van der Waals surface area contributed by atoms with Gasteiger partial charge in [0, 0.05) is 6.54 Å². The number of sulfone groups is 1. The average molecular weight is 355 g/mol. The molecule has 0 spiro atoms. The van der Waals surface area contributed by atoms with Crippen molar-refractivity contribution in [1.82, 2.24) is 4.90 Å². The Hall–Kier alpha value is -1.89. The molecule has 0 aromatic heterocycles. The summed E-state index contributed by atoms with van der Waals surface area (Å²) in [7, 11) is -3.55. The van der Waals surface area contributed by atoms with Crippen molar-refractivity contribution in [1.29, 1.82) is 0 Å². The van der Waals surface area contributed by atoms with Crippen molar-refractivity contribution in [2.45, 2.75) is 26.7 Å². The monoisotopic (exact) mass is 355 g/mol. The van der Waals surface area contributed by atoms with Crippen molar-refractivity contribution >= 4 is 21.7 Å². The molecule has 134 valence electrons. The smallest absolute Gasteiger partial charge is 0.323 e. The first-order valence-electron chi connectivity index (χ1n) is 7.93. The van der Waals surface area contributed by atoms with Gasteiger partial charge in [-0.2, -0.15) is 0 Å². The summed E-state index contributed by atoms with van der Waals surface area (Å²) >= 11 is 0. The largest absolute Gasteiger partial charge is 0.480 e. The van der Waals surface area contributed by atoms with E-state index in [0.29, 0.717) is 12.8 Å². The van der Waals surface area contributed by atoms with Gasteiger partial charge in [0.2, 0.25) is 5.91 Å². The second-order valence-corrected chi connectivity index (χ2v) is 8.43. The highest BCUT2D eigenvalue weighted by Crippen LogP contribution is 2.07. The second-order valence-electron chi connectivity index (χ2n) is 6.24. The van der Waals surface area contributed by atoms with E-state index in [2.05, 4.69) is 0 Å². The van der Waals surface area contributed by atoms with E-state index in [4.69, 9.17) is 5.11 Å². The fourth-order valence-corrected chi connectivity index (χ4v) is 3.64. The van der Waals surface area contributed by atoms with Gasteiger partial charge in [0.15, 0.2) is 9.84 Å². The van der Waals surface area contributed by atoms with Gasteiger partial charge in [-0.25, -0.2) is 8.42 Å². The molecule has 0 aliphatic carbocycles. The van der Waals surface area contributed by atoms with E-state index < -0.39 is 34.0 Å². The summed E-state index contributed by atoms with van der Waals surface area (Å²) in [6.45, 7) is 3.44. The number of aliphatic carboxylic acids is 1. The lowest BCUT2D eigenvalue weighted by Gasteiger charge is -2.22. The van der Waals surface area contributed by atoms with Crippen LogP contribution in [-0.4, -0.2) is 54.9 Å². The molecule has 0 radical (unpaired) electrons. The Morgan fingerprint density at radius 2 is 1.79 bits per heavy atom. The Balaban J connectivity index is 2.56. The lowest BCUT2D eigenvalue weighted by atomic mass is 10.1. The van der Waals surface area contributed by atoms with E-state index in [1.165, 1.54) is 0 Å². The summed E-state index contributed by atoms with van der Waals surface area (Å²) < 4.78 is 24.2. The Morgan fingerprint density at radius 1 is 1.17 bits per heavy atom. The topological polar surface area (TPSA) is 91.8 Å². The minimum atomic E-state index is -3.55. The van der Waals surface area contributed by atoms with Gasteiger partial charge in [-0.1, -0.05) is 44.2 Å². The molecule has 0 unspecified atom stereocenters. The molecule has 7 heteroatoms. The van der Waals surface area contributed by atoms with Gasteiger partial charge in [-0.15, -0.1) is 0 Å². The Bertz CT molecular complexity index is 640. The summed E-state index contributed by atoms with van der Waals surface area (Å²) in [5, 5.41) is 8.87. The molecule has 0 bridgehead atoms. The Morgan fingerprint density at radius 3 is 2.33 bits per heavy atom. The molecule has 0 atom stereocenters. The van der Waals surface area contributed by atoms with Gasteiger partial charge in [-0.05, 0) is 24.3 Å². The Kier molecular flexibility index (Phi) is 7.91. The van der Waals surface area contributed by atoms with Crippen molar-refractivity contribution < 1.29 is 23.1 Å². The van der Waals surface area contributed by atoms with Crippen LogP contribution in [0, 0.1) is 5.92 Å². The van der Waals surface area contributed by atoms with E-state index in [-0.39, 0.29) is 18.2 Å². The van der Waals surface area contributed by atoms with E-state index in [1.807, 2.05) is 44.2 Å². The van der Waals surface area contributed by atoms with Crippen LogP contribution in [0.2, 0.25) is 0 Å². The van der Waals surface area contributed by atoms with Crippen molar-refractivity contribution in [2.24, 2.45) is 5.92 Å². The molecule has 0 heterocycles. The first kappa shape index (κ1) is 20.2. The maximum Gasteiger partial charge on any atom is 0.323 e. The molecule has 1 N–H and O–H groups in total. The number of hydrogen-bond acceptors (Lipinski definition) is 4. The summed E-state index contributed by atoms with van der Waals surface area (Å²) in [6, 6.07) is 9.53. The van der Waals surface area contributed by atoms with Crippen LogP contribution in [0.3, 0.4) is 0 Å². The quantitative estimate of drug-likeness (QED) is 0.688. The van der Waals surface area contributed by atoms with Crippen LogP contribution in [0.1, 0.15) is 25.8 Å². The van der Waals surface area contributed by atoms with Crippen LogP contribution in [-0.2, 0) is 25.8 Å². The third kappa shape index (κ3) is 8.10. The van der Waals surface area contributed by atoms with E-state index in [1.54, 1.807) is 0 Å². The van der Waals surface area contributed by atoms with Gasteiger partial charge in [0.25, 0.3) is 0 Å². The number of rotatable bonds is 10. The summed E-state index contributed by atoms with van der Waals surface area (Å²) in [5.41, 5.74) is 1.05. The first-order chi connectivity index (χ1) is 11.2. The maximum atomic E-state index is 12.1. The molecule has 6 nitrogen and oxygen atoms in total. The number of aryl methyl sites for hydroxylation is 1. The van der Waals surface area contributed by atoms with Crippen molar-refractivity contribution in [3.05, 3.63) is 35.9 Å². The summed E-state index contributed by atoms with van der Waals surface area (Å²) in [5.74, 6) is -2.46. The van der Waals surface area contributed by atoms with Crippen molar-refractivity contribution in [2.75, 3.05) is 24.6 Å². The van der Waals surface area contributed by atoms with Crippen molar-refractivity contribution in [3.63, 3.8) is 0 Å². The molecule has 1 amide bonds. The predicted molar refractivity (Wildman–Crippen MR) is 92.5 cm³/mol. The van der Waals surface area contributed by atoms with E-state index in [0.717, 1.165) is 10.5 Å². The van der Waals surface area contributed by atoms with Crippen molar-refractivity contribution in [3.8, 4) is 0 Å². The SMILES string of the molecule is CC(C)CN(CC(=O)O)C(=O)CS(=O)(=O)CCCc1ccccc1. The molecule has 24 heavy (non-hydrogen) atoms. The van der Waals surface area contributed by atoms with Crippen LogP contribution in [0.25, 0.3) is 0 Å². The van der Waals surface area contributed by atoms with Gasteiger partial charge >= 0.3 is 5.97 Å². The van der Waals surface area contributed by atoms with Crippen LogP contribution < -0.4 is 0 Å². The zero-order valence-corrected chi connectivity index (χ0v) is 15.0. The summed E-state index contributed by atoms with van der Waals surface area (Å²) in [6.07, 6.45) is 1.06. The number of hydrogen-bond donors (Lipinski definition) is 1. The number of amides is 1. The van der Waals surface area contributed by atoms with Crippen LogP contribution in [0.15, 0.2) is 30.3 Å². The molecule has 1 rings (SSSR count). The lowest BCUT2D eigenvalue weighted by Crippen LogP contribution is -2.41. The third-order valence-corrected chi connectivity index (χ3v) is 4.97. The molecule has 1 aromatic carbocycles. The second kappa shape index (κ2) is 9.42. The minimum Gasteiger partial charge on any atom is -0.480 e. The first-order valence-corrected chi connectivity index (χ1v) is 9.75. The molecular formula is C17H25NO5S. The van der Waals surface area contributed by atoms with Crippen LogP contribution in [0.5, 0.6) is 0 Å². The zero-order chi connectivity index (χ0) is 18.2. The van der Waals surface area contributed by atoms with Gasteiger partial charge in [0.1, 0.15) is 12.3 Å². The number of benzene rings is 1. The minimum absolute atomic E-state index is 0.0640. The molecule has 0 saturated heterocycles. The number of carbonyl (C=O) groups excluding carboxylic acids is 1. The fourth-order valence-electron chi connectivity index (χ4n) is 2.35. The number of carboxylic acid groups (broad SMARTS) is 1. The molecule has 0 aliphatic heterocycles. The zero-order valence-electron chi connectivity index (χ0n) is 14.1. The van der Waals surface area contributed by atoms with Crippen LogP contribution in [0.4, 0.5) is 0 Å². The number of nitrogens with zero attached hydrogens (tertiary/aromatic N) is 1. The summed E-state index contributed by atoms with van der Waals surface area (Å²) in [4.78, 5) is 24.1. The van der Waals surface area contributed by atoms with E-state index in [9.17, 15) is 18.0 Å². The molecule has 0 aliphatic rings. The highest BCUT2D eigenvalue weighted by Gasteiger charge is 2.23. The lowest BCUT2D eigenvalue weighted by molar-refractivity contribution is -0.143. The predicted octanol–water partition coefficient (Wildman–Crippen LogP) is 1.60. The van der Waals surface area contributed by atoms with E-state index >= 15 is 0 Å². The molecule has 0 fully saturated rings. The Labute approximate surface area is 143 Å². The fraction of sp³-hybridized carbons (Fsp3) is 0.529. The highest BCUT2D eigenvalue weighted by atomic mass is 32.2. The third-order valence-electron chi connectivity index (χ3n) is 3.37. The number of carboxylic acids is 1. The average Bonchev–Trinajstić information content (AvgIpc) is 2.46. The number of carbonyl (C=O) groups is 2. The standard InChI is InChI=1S/C17H25NO5S/c1-14(2)11-18(12-17(20)21)16(19)13-24(22,23)10-6-9-15-7-4-3-5-8-15/h3-5,7-8,14H,6,9-13H2,1-2H3,(H,20,21). The molecule has 1 aromatic rings. The van der Waals surface area contributed by atoms with Gasteiger partial charge in [-0.3, -0.25) is 9.59 Å². The van der Waals surface area contributed by atoms with Gasteiger partial charge < -0.3 is 10.0 Å². The molecule has 0 saturated carbocycles. The van der Waals surface area contributed by atoms with Crippen LogP contribution >= 0.6 is 0 Å². The maximum absolute atomic E-state index is 12.1. The molecular weight excluding hydrogens is 330 g/mol. The van der Waals surface area contributed by atoms with Gasteiger partial charge in [0.05, 0.1) is 5.75 Å².